The van der Waals surface area contributed by atoms with Gasteiger partial charge in [0.2, 0.25) is 10.0 Å². The summed E-state index contributed by atoms with van der Waals surface area (Å²) in [6, 6.07) is 5.29. The predicted molar refractivity (Wildman–Crippen MR) is 70.5 cm³/mol. The smallest absolute Gasteiger partial charge is 0.217 e. The Balaban J connectivity index is 1.83. The van der Waals surface area contributed by atoms with Crippen molar-refractivity contribution in [2.75, 3.05) is 19.6 Å². The third kappa shape index (κ3) is 4.36. The van der Waals surface area contributed by atoms with Gasteiger partial charge in [-0.25, -0.2) is 13.1 Å². The van der Waals surface area contributed by atoms with Crippen LogP contribution in [0.15, 0.2) is 24.4 Å². The molecule has 1 aromatic rings. The molecule has 2 N–H and O–H groups in total. The van der Waals surface area contributed by atoms with Gasteiger partial charge in [0.1, 0.15) is 5.75 Å². The van der Waals surface area contributed by atoms with E-state index < -0.39 is 10.0 Å². The maximum atomic E-state index is 11.9. The molecule has 0 radical (unpaired) electrons. The highest BCUT2D eigenvalue weighted by Gasteiger charge is 2.17. The molecule has 1 saturated heterocycles. The average molecular weight is 269 g/mol. The summed E-state index contributed by atoms with van der Waals surface area (Å²) in [5.41, 5.74) is 0.576. The first-order valence-electron chi connectivity index (χ1n) is 6.24. The minimum atomic E-state index is -3.27. The number of rotatable bonds is 5. The second-order valence-electron chi connectivity index (χ2n) is 4.64. The number of aromatic nitrogens is 1. The van der Waals surface area contributed by atoms with Gasteiger partial charge in [0.15, 0.2) is 0 Å². The largest absolute Gasteiger partial charge is 0.316 e. The molecule has 0 spiro atoms. The number of sulfonamides is 1. The van der Waals surface area contributed by atoms with Crippen LogP contribution in [0.25, 0.3) is 0 Å². The molecule has 1 aliphatic rings. The molecule has 0 saturated carbocycles. The van der Waals surface area contributed by atoms with Crippen molar-refractivity contribution in [1.29, 1.82) is 0 Å². The van der Waals surface area contributed by atoms with Crippen LogP contribution in [0.2, 0.25) is 0 Å². The second kappa shape index (κ2) is 6.26. The Kier molecular flexibility index (Phi) is 4.68. The first-order valence-corrected chi connectivity index (χ1v) is 7.89. The van der Waals surface area contributed by atoms with Gasteiger partial charge >= 0.3 is 0 Å². The van der Waals surface area contributed by atoms with Gasteiger partial charge in [0.05, 0.1) is 5.69 Å². The molecule has 5 nitrogen and oxygen atoms in total. The predicted octanol–water partition coefficient (Wildman–Crippen LogP) is 0.501. The molecule has 6 heteroatoms. The monoisotopic (exact) mass is 269 g/mol. The van der Waals surface area contributed by atoms with Crippen molar-refractivity contribution < 1.29 is 8.42 Å². The molecule has 0 aliphatic carbocycles. The number of nitrogens with one attached hydrogen (secondary N) is 2. The average Bonchev–Trinajstić information content (AvgIpc) is 2.38. The lowest BCUT2D eigenvalue weighted by molar-refractivity contribution is 0.376. The summed E-state index contributed by atoms with van der Waals surface area (Å²) < 4.78 is 26.4. The fourth-order valence-electron chi connectivity index (χ4n) is 2.07. The zero-order valence-electron chi connectivity index (χ0n) is 10.3. The summed E-state index contributed by atoms with van der Waals surface area (Å²) >= 11 is 0. The molecule has 100 valence electrons. The Hall–Kier alpha value is -0.980. The molecule has 0 amide bonds. The van der Waals surface area contributed by atoms with E-state index in [9.17, 15) is 8.42 Å². The van der Waals surface area contributed by atoms with Crippen molar-refractivity contribution in [3.8, 4) is 0 Å². The van der Waals surface area contributed by atoms with Crippen LogP contribution >= 0.6 is 0 Å². The van der Waals surface area contributed by atoms with Gasteiger partial charge in [-0.1, -0.05) is 6.07 Å². The summed E-state index contributed by atoms with van der Waals surface area (Å²) in [5.74, 6) is 0.353. The Morgan fingerprint density at radius 1 is 1.44 bits per heavy atom. The fourth-order valence-corrected chi connectivity index (χ4v) is 3.22. The molecule has 1 aromatic heterocycles. The molecule has 2 heterocycles. The number of hydrogen-bond donors (Lipinski definition) is 2. The van der Waals surface area contributed by atoms with Crippen LogP contribution in [0, 0.1) is 5.92 Å². The van der Waals surface area contributed by atoms with E-state index in [1.165, 1.54) is 0 Å². The van der Waals surface area contributed by atoms with E-state index in [1.54, 1.807) is 24.4 Å². The molecule has 0 bridgehead atoms. The van der Waals surface area contributed by atoms with Crippen LogP contribution in [0.4, 0.5) is 0 Å². The number of pyridine rings is 1. The third-order valence-corrected chi connectivity index (χ3v) is 4.34. The minimum absolute atomic E-state index is 0.0476. The molecule has 18 heavy (non-hydrogen) atoms. The zero-order valence-corrected chi connectivity index (χ0v) is 11.1. The maximum Gasteiger partial charge on any atom is 0.217 e. The van der Waals surface area contributed by atoms with Crippen LogP contribution in [0.3, 0.4) is 0 Å². The normalized spacial score (nSPS) is 20.8. The molecule has 2 rings (SSSR count). The SMILES string of the molecule is O=S(=O)(Cc1ccccn1)NC[C@@H]1CCCNC1. The van der Waals surface area contributed by atoms with Gasteiger partial charge in [0.25, 0.3) is 0 Å². The summed E-state index contributed by atoms with van der Waals surface area (Å²) in [6.07, 6.45) is 3.81. The lowest BCUT2D eigenvalue weighted by atomic mass is 10.0. The van der Waals surface area contributed by atoms with E-state index in [0.717, 1.165) is 25.9 Å². The van der Waals surface area contributed by atoms with Gasteiger partial charge in [-0.3, -0.25) is 4.98 Å². The highest BCUT2D eigenvalue weighted by molar-refractivity contribution is 7.88. The maximum absolute atomic E-state index is 11.9. The molecular weight excluding hydrogens is 250 g/mol. The van der Waals surface area contributed by atoms with Crippen molar-refractivity contribution in [2.24, 2.45) is 5.92 Å². The van der Waals surface area contributed by atoms with Gasteiger partial charge in [0, 0.05) is 12.7 Å². The summed E-state index contributed by atoms with van der Waals surface area (Å²) in [5, 5.41) is 3.27. The Morgan fingerprint density at radius 3 is 3.00 bits per heavy atom. The van der Waals surface area contributed by atoms with E-state index in [2.05, 4.69) is 15.0 Å². The number of hydrogen-bond acceptors (Lipinski definition) is 4. The first-order chi connectivity index (χ1) is 8.66. The van der Waals surface area contributed by atoms with E-state index >= 15 is 0 Å². The first kappa shape index (κ1) is 13.5. The molecule has 0 aromatic carbocycles. The Morgan fingerprint density at radius 2 is 2.33 bits per heavy atom. The highest BCUT2D eigenvalue weighted by Crippen LogP contribution is 2.09. The molecular formula is C12H19N3O2S. The van der Waals surface area contributed by atoms with Crippen molar-refractivity contribution >= 4 is 10.0 Å². The van der Waals surface area contributed by atoms with Crippen molar-refractivity contribution in [3.05, 3.63) is 30.1 Å². The topological polar surface area (TPSA) is 71.1 Å². The van der Waals surface area contributed by atoms with Crippen LogP contribution in [-0.4, -0.2) is 33.0 Å². The van der Waals surface area contributed by atoms with E-state index in [-0.39, 0.29) is 5.75 Å². The summed E-state index contributed by atoms with van der Waals surface area (Å²) in [6.45, 7) is 2.45. The second-order valence-corrected chi connectivity index (χ2v) is 6.45. The fraction of sp³-hybridized carbons (Fsp3) is 0.583. The summed E-state index contributed by atoms with van der Waals surface area (Å²) in [7, 11) is -3.27. The Labute approximate surface area is 108 Å². The number of piperidine rings is 1. The highest BCUT2D eigenvalue weighted by atomic mass is 32.2. The summed E-state index contributed by atoms with van der Waals surface area (Å²) in [4.78, 5) is 4.03. The van der Waals surface area contributed by atoms with Gasteiger partial charge in [-0.15, -0.1) is 0 Å². The van der Waals surface area contributed by atoms with Gasteiger partial charge in [-0.05, 0) is 44.0 Å². The van der Waals surface area contributed by atoms with Crippen LogP contribution < -0.4 is 10.0 Å². The van der Waals surface area contributed by atoms with Gasteiger partial charge < -0.3 is 5.32 Å². The van der Waals surface area contributed by atoms with Crippen LogP contribution in [0.5, 0.6) is 0 Å². The van der Waals surface area contributed by atoms with Crippen LogP contribution in [0.1, 0.15) is 18.5 Å². The molecule has 1 aliphatic heterocycles. The van der Waals surface area contributed by atoms with Crippen molar-refractivity contribution in [3.63, 3.8) is 0 Å². The third-order valence-electron chi connectivity index (χ3n) is 3.05. The minimum Gasteiger partial charge on any atom is -0.316 e. The van der Waals surface area contributed by atoms with E-state index in [0.29, 0.717) is 18.2 Å². The molecule has 0 unspecified atom stereocenters. The number of nitrogens with zero attached hydrogens (tertiary/aromatic N) is 1. The van der Waals surface area contributed by atoms with Gasteiger partial charge in [-0.2, -0.15) is 0 Å². The van der Waals surface area contributed by atoms with E-state index in [4.69, 9.17) is 0 Å². The van der Waals surface area contributed by atoms with Crippen LogP contribution in [-0.2, 0) is 15.8 Å². The standard InChI is InChI=1S/C12H19N3O2S/c16-18(17,10-12-5-1-2-7-14-12)15-9-11-4-3-6-13-8-11/h1-2,5,7,11,13,15H,3-4,6,8-10H2/t11-/m1/s1. The van der Waals surface area contributed by atoms with Crippen molar-refractivity contribution in [2.45, 2.75) is 18.6 Å². The molecule has 1 atom stereocenters. The lowest BCUT2D eigenvalue weighted by Gasteiger charge is -2.22. The molecule has 1 fully saturated rings. The Bertz CT molecular complexity index is 455. The van der Waals surface area contributed by atoms with E-state index in [1.807, 2.05) is 0 Å². The lowest BCUT2D eigenvalue weighted by Crippen LogP contribution is -2.38. The van der Waals surface area contributed by atoms with Crippen molar-refractivity contribution in [1.82, 2.24) is 15.0 Å². The quantitative estimate of drug-likeness (QED) is 0.816. The zero-order chi connectivity index (χ0) is 12.8.